The van der Waals surface area contributed by atoms with E-state index in [4.69, 9.17) is 27.2 Å². The number of benzene rings is 4. The third-order valence-electron chi connectivity index (χ3n) is 10.7. The summed E-state index contributed by atoms with van der Waals surface area (Å²) < 4.78 is 37.3. The Morgan fingerprint density at radius 1 is 0.667 bits per heavy atom. The second-order valence-electron chi connectivity index (χ2n) is 17.5. The van der Waals surface area contributed by atoms with Gasteiger partial charge in [0.25, 0.3) is 0 Å². The van der Waals surface area contributed by atoms with E-state index in [1.807, 2.05) is 60.7 Å². The summed E-state index contributed by atoms with van der Waals surface area (Å²) in [4.78, 5) is 13.1. The number of hydrogen-bond acceptors (Lipinski definition) is 7. The molecule has 0 amide bonds. The highest BCUT2D eigenvalue weighted by atomic mass is 28.5. The van der Waals surface area contributed by atoms with E-state index in [2.05, 4.69) is 77.0 Å². The molecule has 0 aromatic heterocycles. The summed E-state index contributed by atoms with van der Waals surface area (Å²) in [6.45, 7) is 18.2. The first kappa shape index (κ1) is 44.4. The molecule has 57 heavy (non-hydrogen) atoms. The average molecular weight is 827 g/mol. The number of carbonyl (C=O) groups excluding carboxylic acids is 1. The summed E-state index contributed by atoms with van der Waals surface area (Å²) in [6, 6.07) is 25.5. The van der Waals surface area contributed by atoms with Gasteiger partial charge in [0.1, 0.15) is 23.9 Å². The van der Waals surface area contributed by atoms with Crippen LogP contribution in [0.2, 0.25) is 51.9 Å². The van der Waals surface area contributed by atoms with E-state index < -0.39 is 30.8 Å². The van der Waals surface area contributed by atoms with Gasteiger partial charge in [-0.15, -0.1) is 0 Å². The molecule has 0 N–H and O–H groups in total. The number of aryl methyl sites for hydroxylation is 1. The molecule has 0 saturated heterocycles. The third-order valence-corrected chi connectivity index (χ3v) is 20.9. The minimum Gasteiger partial charge on any atom is -0.497 e. The van der Waals surface area contributed by atoms with Gasteiger partial charge in [0, 0.05) is 34.1 Å². The highest BCUT2D eigenvalue weighted by molar-refractivity contribution is 6.87. The Hall–Kier alpha value is -3.68. The van der Waals surface area contributed by atoms with Crippen molar-refractivity contribution < 1.29 is 32.0 Å². The minimum absolute atomic E-state index is 0.154. The highest BCUT2D eigenvalue weighted by Crippen LogP contribution is 2.48. The molecule has 0 aliphatic carbocycles. The molecule has 5 rings (SSSR count). The molecule has 1 aliphatic rings. The maximum absolute atomic E-state index is 13.1. The van der Waals surface area contributed by atoms with Crippen molar-refractivity contribution in [2.75, 3.05) is 14.2 Å². The van der Waals surface area contributed by atoms with Crippen LogP contribution in [0, 0.1) is 6.92 Å². The molecule has 4 aromatic carbocycles. The van der Waals surface area contributed by atoms with Crippen LogP contribution in [0.1, 0.15) is 85.6 Å². The van der Waals surface area contributed by atoms with Crippen molar-refractivity contribution >= 4 is 48.0 Å². The lowest BCUT2D eigenvalue weighted by atomic mass is 9.82. The SMILES string of the molecule is COc1ccc(C2(c3ccc(OC)cc3)C=Cc3c(COC(=O)CCCCCCCCCC[Si](C)(C)O[Si](C)(C)O[Si](C)(C)C)c(C)c4ccccc4c3O2)cc1. The first-order chi connectivity index (χ1) is 27.1. The van der Waals surface area contributed by atoms with Gasteiger partial charge in [0.2, 0.25) is 0 Å². The van der Waals surface area contributed by atoms with Crippen molar-refractivity contribution in [1.82, 2.24) is 0 Å². The summed E-state index contributed by atoms with van der Waals surface area (Å²) in [7, 11) is -2.06. The molecule has 10 heteroatoms. The molecule has 7 nitrogen and oxygen atoms in total. The average Bonchev–Trinajstić information content (AvgIpc) is 3.17. The second-order valence-corrected chi connectivity index (χ2v) is 30.2. The predicted octanol–water partition coefficient (Wildman–Crippen LogP) is 12.8. The lowest BCUT2D eigenvalue weighted by Gasteiger charge is -2.37. The standard InChI is InChI=1S/C47H66O7Si3/c1-36-41-21-18-19-22-42(41)46-43(32-33-47(52-46,37-24-28-39(49-2)29-25-37)38-26-30-40(50-3)31-27-38)44(36)35-51-45(48)23-17-15-13-11-12-14-16-20-34-56(7,8)54-57(9,10)53-55(4,5)6/h18-19,21-22,24-33H,11-17,20,23,34-35H2,1-10H3. The molecule has 0 fully saturated rings. The number of hydrogen-bond donors (Lipinski definition) is 0. The normalized spacial score (nSPS) is 13.9. The van der Waals surface area contributed by atoms with Crippen molar-refractivity contribution in [3.63, 3.8) is 0 Å². The van der Waals surface area contributed by atoms with Crippen molar-refractivity contribution in [2.24, 2.45) is 0 Å². The van der Waals surface area contributed by atoms with E-state index in [1.165, 1.54) is 38.1 Å². The molecule has 0 unspecified atom stereocenters. The van der Waals surface area contributed by atoms with Crippen LogP contribution in [0.3, 0.4) is 0 Å². The van der Waals surface area contributed by atoms with Crippen LogP contribution in [0.25, 0.3) is 16.8 Å². The fraction of sp³-hybridized carbons (Fsp3) is 0.468. The maximum Gasteiger partial charge on any atom is 0.311 e. The zero-order valence-corrected chi connectivity index (χ0v) is 39.2. The van der Waals surface area contributed by atoms with E-state index in [1.54, 1.807) is 14.2 Å². The first-order valence-electron chi connectivity index (χ1n) is 20.8. The zero-order chi connectivity index (χ0) is 41.3. The predicted molar refractivity (Wildman–Crippen MR) is 242 cm³/mol. The van der Waals surface area contributed by atoms with Crippen LogP contribution in [0.5, 0.6) is 17.2 Å². The molecule has 0 saturated carbocycles. The molecule has 1 aliphatic heterocycles. The van der Waals surface area contributed by atoms with E-state index in [-0.39, 0.29) is 12.6 Å². The molecule has 308 valence electrons. The van der Waals surface area contributed by atoms with Crippen LogP contribution in [-0.2, 0) is 30.0 Å². The molecule has 0 spiro atoms. The molecule has 0 bridgehead atoms. The Kier molecular flexibility index (Phi) is 15.1. The van der Waals surface area contributed by atoms with Crippen LogP contribution >= 0.6 is 0 Å². The first-order valence-corrected chi connectivity index (χ1v) is 30.2. The van der Waals surface area contributed by atoms with Gasteiger partial charge in [-0.1, -0.05) is 99.6 Å². The Morgan fingerprint density at radius 2 is 1.19 bits per heavy atom. The van der Waals surface area contributed by atoms with Crippen LogP contribution in [-0.4, -0.2) is 45.4 Å². The van der Waals surface area contributed by atoms with Gasteiger partial charge in [0.05, 0.1) is 14.2 Å². The number of esters is 1. The number of fused-ring (bicyclic) bond motifs is 3. The topological polar surface area (TPSA) is 72.5 Å². The van der Waals surface area contributed by atoms with Gasteiger partial charge in [-0.2, -0.15) is 0 Å². The van der Waals surface area contributed by atoms with Gasteiger partial charge in [-0.05, 0) is 107 Å². The van der Waals surface area contributed by atoms with Gasteiger partial charge >= 0.3 is 14.5 Å². The number of carbonyl (C=O) groups is 1. The fourth-order valence-corrected chi connectivity index (χ4v) is 21.5. The summed E-state index contributed by atoms with van der Waals surface area (Å²) >= 11 is 0. The van der Waals surface area contributed by atoms with Crippen LogP contribution in [0.4, 0.5) is 0 Å². The lowest BCUT2D eigenvalue weighted by molar-refractivity contribution is -0.145. The number of rotatable bonds is 21. The summed E-state index contributed by atoms with van der Waals surface area (Å²) in [5.41, 5.74) is 4.02. The minimum atomic E-state index is -2.07. The molecule has 1 heterocycles. The Labute approximate surface area is 345 Å². The Balaban J connectivity index is 1.15. The fourth-order valence-electron chi connectivity index (χ4n) is 8.26. The quantitative estimate of drug-likeness (QED) is 0.0470. The van der Waals surface area contributed by atoms with Gasteiger partial charge in [0.15, 0.2) is 22.2 Å². The van der Waals surface area contributed by atoms with Crippen molar-refractivity contribution in [3.05, 3.63) is 107 Å². The van der Waals surface area contributed by atoms with E-state index in [9.17, 15) is 4.79 Å². The largest absolute Gasteiger partial charge is 0.497 e. The molecular weight excluding hydrogens is 761 g/mol. The second kappa shape index (κ2) is 19.4. The molecule has 4 aromatic rings. The van der Waals surface area contributed by atoms with Crippen molar-refractivity contribution in [3.8, 4) is 17.2 Å². The smallest absolute Gasteiger partial charge is 0.311 e. The summed E-state index contributed by atoms with van der Waals surface area (Å²) in [5, 5.41) is 2.09. The summed E-state index contributed by atoms with van der Waals surface area (Å²) in [6.07, 6.45) is 13.9. The Morgan fingerprint density at radius 3 is 1.74 bits per heavy atom. The molecule has 0 atom stereocenters. The van der Waals surface area contributed by atoms with Crippen molar-refractivity contribution in [1.29, 1.82) is 0 Å². The number of unbranched alkanes of at least 4 members (excludes halogenated alkanes) is 7. The zero-order valence-electron chi connectivity index (χ0n) is 36.2. The molecular formula is C47H66O7Si3. The van der Waals surface area contributed by atoms with Crippen molar-refractivity contribution in [2.45, 2.75) is 129 Å². The maximum atomic E-state index is 13.1. The van der Waals surface area contributed by atoms with E-state index >= 15 is 0 Å². The third kappa shape index (κ3) is 11.9. The van der Waals surface area contributed by atoms with Crippen LogP contribution in [0.15, 0.2) is 78.9 Å². The molecule has 0 radical (unpaired) electrons. The Bertz CT molecular complexity index is 1920. The monoisotopic (exact) mass is 826 g/mol. The van der Waals surface area contributed by atoms with E-state index in [0.29, 0.717) is 6.42 Å². The van der Waals surface area contributed by atoms with Gasteiger partial charge in [-0.25, -0.2) is 0 Å². The number of ether oxygens (including phenoxy) is 4. The van der Waals surface area contributed by atoms with E-state index in [0.717, 1.165) is 75.1 Å². The number of methoxy groups -OCH3 is 2. The van der Waals surface area contributed by atoms with Gasteiger partial charge in [-0.3, -0.25) is 4.79 Å². The summed E-state index contributed by atoms with van der Waals surface area (Å²) in [5.74, 6) is 2.17. The lowest BCUT2D eigenvalue weighted by Crippen LogP contribution is -2.51. The van der Waals surface area contributed by atoms with Crippen LogP contribution < -0.4 is 14.2 Å². The highest BCUT2D eigenvalue weighted by Gasteiger charge is 2.40. The van der Waals surface area contributed by atoms with Gasteiger partial charge < -0.3 is 27.2 Å².